The van der Waals surface area contributed by atoms with Crippen LogP contribution in [-0.2, 0) is 0 Å². The Kier molecular flexibility index (Phi) is 2.85. The van der Waals surface area contributed by atoms with Crippen molar-refractivity contribution in [2.45, 2.75) is 19.4 Å². The average molecular weight is 154 g/mol. The lowest BCUT2D eigenvalue weighted by molar-refractivity contribution is 0.0633. The predicted octanol–water partition coefficient (Wildman–Crippen LogP) is 0.862. The molecule has 1 aliphatic rings. The van der Waals surface area contributed by atoms with Gasteiger partial charge in [0.1, 0.15) is 0 Å². The SMILES string of the molecule is CC1=CCC(C(O)CO)C=C1. The van der Waals surface area contributed by atoms with Gasteiger partial charge in [0.25, 0.3) is 0 Å². The number of hydrogen-bond acceptors (Lipinski definition) is 2. The van der Waals surface area contributed by atoms with Crippen LogP contribution in [0, 0.1) is 5.92 Å². The van der Waals surface area contributed by atoms with Crippen molar-refractivity contribution in [3.63, 3.8) is 0 Å². The third-order valence-corrected chi connectivity index (χ3v) is 2.00. The lowest BCUT2D eigenvalue weighted by Gasteiger charge is -2.18. The third kappa shape index (κ3) is 2.17. The van der Waals surface area contributed by atoms with Gasteiger partial charge in [0.2, 0.25) is 0 Å². The first-order valence-corrected chi connectivity index (χ1v) is 3.88. The largest absolute Gasteiger partial charge is 0.394 e. The molecule has 0 heterocycles. The molecule has 0 spiro atoms. The minimum absolute atomic E-state index is 0.101. The van der Waals surface area contributed by atoms with Gasteiger partial charge in [0.05, 0.1) is 12.7 Å². The maximum atomic E-state index is 9.24. The standard InChI is InChI=1S/C9H14O2/c1-7-2-4-8(5-3-7)9(11)6-10/h2-4,8-11H,5-6H2,1H3. The van der Waals surface area contributed by atoms with E-state index < -0.39 is 6.10 Å². The summed E-state index contributed by atoms with van der Waals surface area (Å²) in [5.74, 6) is 0.101. The van der Waals surface area contributed by atoms with Crippen molar-refractivity contribution < 1.29 is 10.2 Å². The van der Waals surface area contributed by atoms with Gasteiger partial charge in [-0.1, -0.05) is 23.8 Å². The third-order valence-electron chi connectivity index (χ3n) is 2.00. The zero-order chi connectivity index (χ0) is 8.27. The molecule has 1 rings (SSSR count). The zero-order valence-corrected chi connectivity index (χ0v) is 6.70. The average Bonchev–Trinajstić information content (AvgIpc) is 2.05. The van der Waals surface area contributed by atoms with Crippen molar-refractivity contribution in [3.8, 4) is 0 Å². The van der Waals surface area contributed by atoms with Crippen LogP contribution in [0.15, 0.2) is 23.8 Å². The highest BCUT2D eigenvalue weighted by atomic mass is 16.3. The maximum absolute atomic E-state index is 9.24. The van der Waals surface area contributed by atoms with Crippen molar-refractivity contribution in [3.05, 3.63) is 23.8 Å². The second-order valence-electron chi connectivity index (χ2n) is 2.96. The van der Waals surface area contributed by atoms with Crippen LogP contribution in [0.5, 0.6) is 0 Å². The second kappa shape index (κ2) is 3.69. The molecule has 0 saturated heterocycles. The van der Waals surface area contributed by atoms with E-state index in [-0.39, 0.29) is 12.5 Å². The maximum Gasteiger partial charge on any atom is 0.0836 e. The summed E-state index contributed by atoms with van der Waals surface area (Å²) in [6.07, 6.45) is 6.24. The topological polar surface area (TPSA) is 40.5 Å². The van der Waals surface area contributed by atoms with E-state index in [2.05, 4.69) is 6.08 Å². The molecule has 2 N–H and O–H groups in total. The molecule has 0 amide bonds. The molecule has 0 radical (unpaired) electrons. The summed E-state index contributed by atoms with van der Waals surface area (Å²) >= 11 is 0. The molecular weight excluding hydrogens is 140 g/mol. The van der Waals surface area contributed by atoms with E-state index in [1.165, 1.54) is 5.57 Å². The quantitative estimate of drug-likeness (QED) is 0.619. The zero-order valence-electron chi connectivity index (χ0n) is 6.70. The van der Waals surface area contributed by atoms with Crippen LogP contribution in [0.3, 0.4) is 0 Å². The van der Waals surface area contributed by atoms with Crippen LogP contribution in [0.1, 0.15) is 13.3 Å². The molecule has 0 aromatic rings. The summed E-state index contributed by atoms with van der Waals surface area (Å²) < 4.78 is 0. The van der Waals surface area contributed by atoms with E-state index >= 15 is 0 Å². The molecule has 1 aliphatic carbocycles. The molecule has 2 nitrogen and oxygen atoms in total. The first kappa shape index (κ1) is 8.50. The number of hydrogen-bond donors (Lipinski definition) is 2. The lowest BCUT2D eigenvalue weighted by atomic mass is 9.93. The number of aliphatic hydroxyl groups is 2. The van der Waals surface area contributed by atoms with Gasteiger partial charge in [0, 0.05) is 5.92 Å². The summed E-state index contributed by atoms with van der Waals surface area (Å²) in [6.45, 7) is 1.87. The molecule has 11 heavy (non-hydrogen) atoms. The van der Waals surface area contributed by atoms with Crippen molar-refractivity contribution in [2.24, 2.45) is 5.92 Å². The number of allylic oxidation sites excluding steroid dienone is 3. The number of rotatable bonds is 2. The van der Waals surface area contributed by atoms with Crippen LogP contribution >= 0.6 is 0 Å². The summed E-state index contributed by atoms with van der Waals surface area (Å²) in [5, 5.41) is 17.9. The smallest absolute Gasteiger partial charge is 0.0836 e. The van der Waals surface area contributed by atoms with Crippen LogP contribution in [0.25, 0.3) is 0 Å². The summed E-state index contributed by atoms with van der Waals surface area (Å²) in [7, 11) is 0. The molecule has 2 unspecified atom stereocenters. The Balaban J connectivity index is 2.48. The van der Waals surface area contributed by atoms with Crippen LogP contribution in [-0.4, -0.2) is 22.9 Å². The molecule has 0 saturated carbocycles. The van der Waals surface area contributed by atoms with Crippen molar-refractivity contribution in [2.75, 3.05) is 6.61 Å². The molecule has 0 aliphatic heterocycles. The van der Waals surface area contributed by atoms with Gasteiger partial charge >= 0.3 is 0 Å². The summed E-state index contributed by atoms with van der Waals surface area (Å²) in [4.78, 5) is 0. The molecule has 0 fully saturated rings. The number of aliphatic hydroxyl groups excluding tert-OH is 2. The lowest BCUT2D eigenvalue weighted by Crippen LogP contribution is -2.23. The highest BCUT2D eigenvalue weighted by Gasteiger charge is 2.15. The fraction of sp³-hybridized carbons (Fsp3) is 0.556. The fourth-order valence-corrected chi connectivity index (χ4v) is 1.16. The van der Waals surface area contributed by atoms with Gasteiger partial charge in [-0.15, -0.1) is 0 Å². The minimum Gasteiger partial charge on any atom is -0.394 e. The van der Waals surface area contributed by atoms with Gasteiger partial charge in [-0.25, -0.2) is 0 Å². The Morgan fingerprint density at radius 2 is 2.45 bits per heavy atom. The van der Waals surface area contributed by atoms with Crippen molar-refractivity contribution >= 4 is 0 Å². The van der Waals surface area contributed by atoms with E-state index in [4.69, 9.17) is 5.11 Å². The van der Waals surface area contributed by atoms with E-state index in [1.807, 2.05) is 19.1 Å². The first-order chi connectivity index (χ1) is 5.24. The Labute approximate surface area is 66.9 Å². The van der Waals surface area contributed by atoms with Crippen LogP contribution < -0.4 is 0 Å². The Bertz CT molecular complexity index is 182. The molecular formula is C9H14O2. The highest BCUT2D eigenvalue weighted by Crippen LogP contribution is 2.18. The first-order valence-electron chi connectivity index (χ1n) is 3.88. The molecule has 2 atom stereocenters. The van der Waals surface area contributed by atoms with Crippen LogP contribution in [0.4, 0.5) is 0 Å². The normalized spacial score (nSPS) is 26.5. The van der Waals surface area contributed by atoms with Crippen molar-refractivity contribution in [1.82, 2.24) is 0 Å². The van der Waals surface area contributed by atoms with Gasteiger partial charge in [0.15, 0.2) is 0 Å². The predicted molar refractivity (Wildman–Crippen MR) is 44.1 cm³/mol. The van der Waals surface area contributed by atoms with Gasteiger partial charge < -0.3 is 10.2 Å². The summed E-state index contributed by atoms with van der Waals surface area (Å²) in [6, 6.07) is 0. The van der Waals surface area contributed by atoms with Gasteiger partial charge in [-0.2, -0.15) is 0 Å². The Hall–Kier alpha value is -0.600. The fourth-order valence-electron chi connectivity index (χ4n) is 1.16. The molecule has 0 bridgehead atoms. The van der Waals surface area contributed by atoms with E-state index in [0.717, 1.165) is 6.42 Å². The molecule has 62 valence electrons. The van der Waals surface area contributed by atoms with Crippen molar-refractivity contribution in [1.29, 1.82) is 0 Å². The highest BCUT2D eigenvalue weighted by molar-refractivity contribution is 5.21. The van der Waals surface area contributed by atoms with Gasteiger partial charge in [-0.05, 0) is 13.3 Å². The van der Waals surface area contributed by atoms with Gasteiger partial charge in [-0.3, -0.25) is 0 Å². The van der Waals surface area contributed by atoms with Crippen LogP contribution in [0.2, 0.25) is 0 Å². The monoisotopic (exact) mass is 154 g/mol. The molecule has 0 aromatic carbocycles. The minimum atomic E-state index is -0.601. The Morgan fingerprint density at radius 3 is 2.91 bits per heavy atom. The second-order valence-corrected chi connectivity index (χ2v) is 2.96. The Morgan fingerprint density at radius 1 is 1.73 bits per heavy atom. The van der Waals surface area contributed by atoms with E-state index in [9.17, 15) is 5.11 Å². The molecule has 0 aromatic heterocycles. The van der Waals surface area contributed by atoms with E-state index in [1.54, 1.807) is 0 Å². The molecule has 2 heteroatoms. The van der Waals surface area contributed by atoms with E-state index in [0.29, 0.717) is 0 Å². The summed E-state index contributed by atoms with van der Waals surface area (Å²) in [5.41, 5.74) is 1.23.